The minimum atomic E-state index is 0.395. The van der Waals surface area contributed by atoms with E-state index >= 15 is 0 Å². The van der Waals surface area contributed by atoms with Crippen molar-refractivity contribution in [2.75, 3.05) is 6.54 Å². The van der Waals surface area contributed by atoms with Gasteiger partial charge in [-0.25, -0.2) is 0 Å². The highest BCUT2D eigenvalue weighted by Crippen LogP contribution is 2.23. The van der Waals surface area contributed by atoms with Gasteiger partial charge in [0.15, 0.2) is 0 Å². The van der Waals surface area contributed by atoms with Crippen molar-refractivity contribution >= 4 is 11.3 Å². The largest absolute Gasteiger partial charge is 0.488 e. The molecule has 0 radical (unpaired) electrons. The lowest BCUT2D eigenvalue weighted by Gasteiger charge is -2.10. The number of rotatable bonds is 5. The quantitative estimate of drug-likeness (QED) is 0.842. The van der Waals surface area contributed by atoms with Crippen LogP contribution in [0.4, 0.5) is 0 Å². The van der Waals surface area contributed by atoms with Gasteiger partial charge in [0.2, 0.25) is 0 Å². The van der Waals surface area contributed by atoms with Crippen LogP contribution in [0.5, 0.6) is 5.75 Å². The molecule has 2 aromatic rings. The van der Waals surface area contributed by atoms with Gasteiger partial charge in [0.05, 0.1) is 11.4 Å². The Bertz CT molecular complexity index is 619. The Hall–Kier alpha value is -1.76. The molecule has 0 saturated carbocycles. The molecule has 0 spiro atoms. The van der Waals surface area contributed by atoms with E-state index in [4.69, 9.17) is 10.5 Å². The molecule has 1 atom stereocenters. The second kappa shape index (κ2) is 7.87. The van der Waals surface area contributed by atoms with Gasteiger partial charge in [-0.1, -0.05) is 37.8 Å². The Morgan fingerprint density at radius 1 is 1.19 bits per heavy atom. The molecule has 1 unspecified atom stereocenters. The SMILES string of the molecule is CCC(C)c1ccc(OCc2ccc(C#CCN)s2)cc1. The van der Waals surface area contributed by atoms with Crippen LogP contribution >= 0.6 is 11.3 Å². The van der Waals surface area contributed by atoms with Crippen LogP contribution in [-0.2, 0) is 6.61 Å². The lowest BCUT2D eigenvalue weighted by atomic mass is 9.99. The van der Waals surface area contributed by atoms with Gasteiger partial charge in [-0.05, 0) is 42.2 Å². The molecular formula is C18H21NOS. The van der Waals surface area contributed by atoms with E-state index in [1.165, 1.54) is 10.4 Å². The van der Waals surface area contributed by atoms with Crippen molar-refractivity contribution in [3.05, 3.63) is 51.7 Å². The van der Waals surface area contributed by atoms with Crippen LogP contribution < -0.4 is 10.5 Å². The van der Waals surface area contributed by atoms with Crippen LogP contribution in [-0.4, -0.2) is 6.54 Å². The molecule has 110 valence electrons. The molecule has 1 heterocycles. The van der Waals surface area contributed by atoms with E-state index < -0.39 is 0 Å². The molecule has 0 amide bonds. The first-order valence-electron chi connectivity index (χ1n) is 7.23. The zero-order valence-electron chi connectivity index (χ0n) is 12.6. The average molecular weight is 299 g/mol. The number of hydrogen-bond acceptors (Lipinski definition) is 3. The fourth-order valence-corrected chi connectivity index (χ4v) is 2.74. The molecule has 2 nitrogen and oxygen atoms in total. The van der Waals surface area contributed by atoms with Crippen molar-refractivity contribution < 1.29 is 4.74 Å². The van der Waals surface area contributed by atoms with E-state index in [-0.39, 0.29) is 0 Å². The van der Waals surface area contributed by atoms with Crippen LogP contribution in [0.15, 0.2) is 36.4 Å². The summed E-state index contributed by atoms with van der Waals surface area (Å²) in [6, 6.07) is 12.5. The number of hydrogen-bond donors (Lipinski definition) is 1. The van der Waals surface area contributed by atoms with E-state index in [9.17, 15) is 0 Å². The summed E-state index contributed by atoms with van der Waals surface area (Å²) in [5.74, 6) is 7.40. The lowest BCUT2D eigenvalue weighted by molar-refractivity contribution is 0.309. The van der Waals surface area contributed by atoms with Crippen molar-refractivity contribution in [2.45, 2.75) is 32.8 Å². The maximum absolute atomic E-state index is 5.82. The summed E-state index contributed by atoms with van der Waals surface area (Å²) in [6.45, 7) is 5.42. The molecule has 21 heavy (non-hydrogen) atoms. The van der Waals surface area contributed by atoms with Crippen molar-refractivity contribution in [2.24, 2.45) is 5.73 Å². The van der Waals surface area contributed by atoms with E-state index in [2.05, 4.69) is 43.9 Å². The first kappa shape index (κ1) is 15.6. The van der Waals surface area contributed by atoms with E-state index in [1.54, 1.807) is 11.3 Å². The predicted octanol–water partition coefficient (Wildman–Crippen LogP) is 4.15. The molecule has 0 bridgehead atoms. The standard InChI is InChI=1S/C18H21NOS/c1-3-14(2)15-6-8-16(9-7-15)20-13-18-11-10-17(21-18)5-4-12-19/h6-11,14H,3,12-13,19H2,1-2H3. The highest BCUT2D eigenvalue weighted by Gasteiger charge is 2.03. The van der Waals surface area contributed by atoms with Crippen molar-refractivity contribution in [1.82, 2.24) is 0 Å². The molecule has 0 saturated heterocycles. The molecular weight excluding hydrogens is 278 g/mol. The summed E-state index contributed by atoms with van der Waals surface area (Å²) in [6.07, 6.45) is 1.15. The summed E-state index contributed by atoms with van der Waals surface area (Å²) >= 11 is 1.65. The van der Waals surface area contributed by atoms with Gasteiger partial charge in [0, 0.05) is 4.88 Å². The summed E-state index contributed by atoms with van der Waals surface area (Å²) in [4.78, 5) is 2.20. The number of thiophene rings is 1. The van der Waals surface area contributed by atoms with Crippen LogP contribution in [0.1, 0.15) is 41.5 Å². The van der Waals surface area contributed by atoms with Gasteiger partial charge in [0.1, 0.15) is 12.4 Å². The number of benzene rings is 1. The summed E-state index contributed by atoms with van der Waals surface area (Å²) in [5, 5.41) is 0. The third-order valence-corrected chi connectivity index (χ3v) is 4.39. The Labute approximate surface area is 131 Å². The van der Waals surface area contributed by atoms with Gasteiger partial charge in [0.25, 0.3) is 0 Å². The fraction of sp³-hybridized carbons (Fsp3) is 0.333. The Balaban J connectivity index is 1.92. The molecule has 2 rings (SSSR count). The summed E-state index contributed by atoms with van der Waals surface area (Å²) < 4.78 is 5.82. The Morgan fingerprint density at radius 3 is 2.62 bits per heavy atom. The Kier molecular flexibility index (Phi) is 5.86. The van der Waals surface area contributed by atoms with Gasteiger partial charge in [-0.15, -0.1) is 11.3 Å². The van der Waals surface area contributed by atoms with Crippen LogP contribution in [0.25, 0.3) is 0 Å². The maximum Gasteiger partial charge on any atom is 0.122 e. The zero-order chi connectivity index (χ0) is 15.1. The van der Waals surface area contributed by atoms with Crippen molar-refractivity contribution in [1.29, 1.82) is 0 Å². The monoisotopic (exact) mass is 299 g/mol. The van der Waals surface area contributed by atoms with Crippen molar-refractivity contribution in [3.63, 3.8) is 0 Å². The second-order valence-electron chi connectivity index (χ2n) is 4.94. The lowest BCUT2D eigenvalue weighted by Crippen LogP contribution is -1.94. The number of ether oxygens (including phenoxy) is 1. The normalized spacial score (nSPS) is 11.6. The minimum absolute atomic E-state index is 0.395. The minimum Gasteiger partial charge on any atom is -0.488 e. The van der Waals surface area contributed by atoms with Gasteiger partial charge in [-0.3, -0.25) is 0 Å². The molecule has 0 aliphatic rings. The van der Waals surface area contributed by atoms with E-state index in [1.807, 2.05) is 18.2 Å². The first-order valence-corrected chi connectivity index (χ1v) is 8.05. The topological polar surface area (TPSA) is 35.2 Å². The fourth-order valence-electron chi connectivity index (χ4n) is 1.94. The molecule has 0 fully saturated rings. The Morgan fingerprint density at radius 2 is 1.95 bits per heavy atom. The third kappa shape index (κ3) is 4.63. The smallest absolute Gasteiger partial charge is 0.122 e. The van der Waals surface area contributed by atoms with Crippen LogP contribution in [0.3, 0.4) is 0 Å². The molecule has 0 aliphatic carbocycles. The van der Waals surface area contributed by atoms with E-state index in [0.717, 1.165) is 17.0 Å². The molecule has 0 aliphatic heterocycles. The average Bonchev–Trinajstić information content (AvgIpc) is 2.98. The van der Waals surface area contributed by atoms with E-state index in [0.29, 0.717) is 19.1 Å². The molecule has 3 heteroatoms. The molecule has 1 aromatic carbocycles. The third-order valence-electron chi connectivity index (χ3n) is 3.42. The van der Waals surface area contributed by atoms with Crippen LogP contribution in [0, 0.1) is 11.8 Å². The summed E-state index contributed by atoms with van der Waals surface area (Å²) in [5.41, 5.74) is 6.73. The predicted molar refractivity (Wildman–Crippen MR) is 89.7 cm³/mol. The van der Waals surface area contributed by atoms with Gasteiger partial charge in [-0.2, -0.15) is 0 Å². The highest BCUT2D eigenvalue weighted by atomic mass is 32.1. The van der Waals surface area contributed by atoms with Crippen molar-refractivity contribution in [3.8, 4) is 17.6 Å². The van der Waals surface area contributed by atoms with Gasteiger partial charge < -0.3 is 10.5 Å². The second-order valence-corrected chi connectivity index (χ2v) is 6.11. The molecule has 2 N–H and O–H groups in total. The zero-order valence-corrected chi connectivity index (χ0v) is 13.4. The number of nitrogens with two attached hydrogens (primary N) is 1. The van der Waals surface area contributed by atoms with Crippen LogP contribution in [0.2, 0.25) is 0 Å². The summed E-state index contributed by atoms with van der Waals surface area (Å²) in [7, 11) is 0. The highest BCUT2D eigenvalue weighted by molar-refractivity contribution is 7.12. The van der Waals surface area contributed by atoms with Gasteiger partial charge >= 0.3 is 0 Å². The first-order chi connectivity index (χ1) is 10.2. The maximum atomic E-state index is 5.82. The molecule has 1 aromatic heterocycles.